The highest BCUT2D eigenvalue weighted by atomic mass is 19.2. The van der Waals surface area contributed by atoms with Gasteiger partial charge in [0.05, 0.1) is 6.54 Å². The highest BCUT2D eigenvalue weighted by Gasteiger charge is 2.36. The predicted molar refractivity (Wildman–Crippen MR) is 71.3 cm³/mol. The number of rotatable bonds is 3. The summed E-state index contributed by atoms with van der Waals surface area (Å²) in [6, 6.07) is 3.37. The van der Waals surface area contributed by atoms with Gasteiger partial charge in [0.15, 0.2) is 11.6 Å². The molecule has 0 aromatic heterocycles. The molecule has 0 aliphatic carbocycles. The average molecular weight is 281 g/mol. The lowest BCUT2D eigenvalue weighted by molar-refractivity contribution is -0.117. The average Bonchev–Trinajstić information content (AvgIpc) is 2.94. The maximum atomic E-state index is 13.0. The summed E-state index contributed by atoms with van der Waals surface area (Å²) < 4.78 is 25.8. The molecule has 0 saturated carbocycles. The number of fused-ring (bicyclic) bond motifs is 1. The highest BCUT2D eigenvalue weighted by Crippen LogP contribution is 2.25. The number of benzene rings is 1. The maximum absolute atomic E-state index is 13.0. The quantitative estimate of drug-likeness (QED) is 0.870. The largest absolute Gasteiger partial charge is 0.325 e. The maximum Gasteiger partial charge on any atom is 0.238 e. The second kappa shape index (κ2) is 5.46. The van der Waals surface area contributed by atoms with E-state index in [0.29, 0.717) is 18.4 Å². The van der Waals surface area contributed by atoms with Crippen LogP contribution in [0.4, 0.5) is 14.5 Å². The van der Waals surface area contributed by atoms with Crippen LogP contribution in [0, 0.1) is 23.5 Å². The predicted octanol–water partition coefficient (Wildman–Crippen LogP) is 1.05. The first-order chi connectivity index (χ1) is 9.61. The lowest BCUT2D eigenvalue weighted by atomic mass is 10.0. The minimum absolute atomic E-state index is 0.191. The lowest BCUT2D eigenvalue weighted by Crippen LogP contribution is -2.33. The van der Waals surface area contributed by atoms with E-state index in [1.807, 2.05) is 0 Å². The van der Waals surface area contributed by atoms with E-state index in [4.69, 9.17) is 0 Å². The van der Waals surface area contributed by atoms with Crippen molar-refractivity contribution < 1.29 is 13.6 Å². The van der Waals surface area contributed by atoms with Crippen LogP contribution in [0.5, 0.6) is 0 Å². The summed E-state index contributed by atoms with van der Waals surface area (Å²) >= 11 is 0. The Morgan fingerprint density at radius 2 is 1.95 bits per heavy atom. The number of carbonyl (C=O) groups is 1. The molecule has 2 saturated heterocycles. The van der Waals surface area contributed by atoms with Gasteiger partial charge in [-0.05, 0) is 37.1 Å². The van der Waals surface area contributed by atoms with Crippen LogP contribution in [0.3, 0.4) is 0 Å². The summed E-state index contributed by atoms with van der Waals surface area (Å²) in [7, 11) is 0. The zero-order chi connectivity index (χ0) is 14.1. The summed E-state index contributed by atoms with van der Waals surface area (Å²) in [5.41, 5.74) is 0.287. The standard InChI is InChI=1S/C14H17F2N3O/c15-12-2-1-11(3-13(12)16)18-14(20)8-19-6-9-4-17-5-10(9)7-19/h1-3,9-10,17H,4-8H2,(H,18,20)/t9-,10+. The Kier molecular flexibility index (Phi) is 3.67. The van der Waals surface area contributed by atoms with E-state index in [9.17, 15) is 13.6 Å². The number of carbonyl (C=O) groups excluding carboxylic acids is 1. The second-order valence-electron chi connectivity index (χ2n) is 5.55. The summed E-state index contributed by atoms with van der Waals surface area (Å²) in [5, 5.41) is 5.94. The molecule has 6 heteroatoms. The number of anilines is 1. The van der Waals surface area contributed by atoms with Crippen LogP contribution in [0.15, 0.2) is 18.2 Å². The van der Waals surface area contributed by atoms with Crippen molar-refractivity contribution in [3.63, 3.8) is 0 Å². The first-order valence-corrected chi connectivity index (χ1v) is 6.80. The molecular weight excluding hydrogens is 264 g/mol. The van der Waals surface area contributed by atoms with Gasteiger partial charge in [0, 0.05) is 24.8 Å². The molecule has 1 amide bonds. The highest BCUT2D eigenvalue weighted by molar-refractivity contribution is 5.92. The van der Waals surface area contributed by atoms with E-state index < -0.39 is 11.6 Å². The smallest absolute Gasteiger partial charge is 0.238 e. The van der Waals surface area contributed by atoms with Crippen LogP contribution >= 0.6 is 0 Å². The minimum Gasteiger partial charge on any atom is -0.325 e. The van der Waals surface area contributed by atoms with Gasteiger partial charge < -0.3 is 10.6 Å². The molecule has 1 aromatic carbocycles. The zero-order valence-corrected chi connectivity index (χ0v) is 11.0. The fourth-order valence-electron chi connectivity index (χ4n) is 3.06. The monoisotopic (exact) mass is 281 g/mol. The first kappa shape index (κ1) is 13.5. The number of hydrogen-bond acceptors (Lipinski definition) is 3. The number of nitrogens with zero attached hydrogens (tertiary/aromatic N) is 1. The van der Waals surface area contributed by atoms with Crippen molar-refractivity contribution in [3.05, 3.63) is 29.8 Å². The Bertz CT molecular complexity index is 511. The Morgan fingerprint density at radius 3 is 2.60 bits per heavy atom. The molecule has 2 atom stereocenters. The van der Waals surface area contributed by atoms with Gasteiger partial charge in [-0.1, -0.05) is 0 Å². The van der Waals surface area contributed by atoms with Crippen LogP contribution in [-0.2, 0) is 4.79 Å². The Morgan fingerprint density at radius 1 is 1.25 bits per heavy atom. The molecule has 0 unspecified atom stereocenters. The van der Waals surface area contributed by atoms with Crippen molar-refractivity contribution in [1.29, 1.82) is 0 Å². The van der Waals surface area contributed by atoms with E-state index in [0.717, 1.165) is 38.3 Å². The van der Waals surface area contributed by atoms with Crippen molar-refractivity contribution in [1.82, 2.24) is 10.2 Å². The number of nitrogens with one attached hydrogen (secondary N) is 2. The van der Waals surface area contributed by atoms with Gasteiger partial charge in [0.1, 0.15) is 0 Å². The third-order valence-electron chi connectivity index (χ3n) is 4.04. The molecule has 0 bridgehead atoms. The third-order valence-corrected chi connectivity index (χ3v) is 4.04. The number of hydrogen-bond donors (Lipinski definition) is 2. The van der Waals surface area contributed by atoms with Gasteiger partial charge in [-0.15, -0.1) is 0 Å². The van der Waals surface area contributed by atoms with Crippen molar-refractivity contribution in [2.75, 3.05) is 38.0 Å². The molecule has 2 fully saturated rings. The Labute approximate surface area is 116 Å². The van der Waals surface area contributed by atoms with Gasteiger partial charge >= 0.3 is 0 Å². The van der Waals surface area contributed by atoms with Gasteiger partial charge in [0.25, 0.3) is 0 Å². The van der Waals surface area contributed by atoms with Crippen LogP contribution in [0.2, 0.25) is 0 Å². The number of likely N-dealkylation sites (tertiary alicyclic amines) is 1. The summed E-state index contributed by atoms with van der Waals surface area (Å²) in [5.74, 6) is -0.798. The van der Waals surface area contributed by atoms with Crippen LogP contribution in [-0.4, -0.2) is 43.5 Å². The molecule has 0 radical (unpaired) electrons. The topological polar surface area (TPSA) is 44.4 Å². The van der Waals surface area contributed by atoms with Crippen LogP contribution in [0.1, 0.15) is 0 Å². The third kappa shape index (κ3) is 2.81. The van der Waals surface area contributed by atoms with Gasteiger partial charge in [-0.2, -0.15) is 0 Å². The Balaban J connectivity index is 1.53. The van der Waals surface area contributed by atoms with Crippen LogP contribution < -0.4 is 10.6 Å². The fourth-order valence-corrected chi connectivity index (χ4v) is 3.06. The molecule has 108 valence electrons. The van der Waals surface area contributed by atoms with Crippen molar-refractivity contribution >= 4 is 11.6 Å². The first-order valence-electron chi connectivity index (χ1n) is 6.80. The molecule has 3 rings (SSSR count). The fraction of sp³-hybridized carbons (Fsp3) is 0.500. The molecule has 4 nitrogen and oxygen atoms in total. The molecule has 2 N–H and O–H groups in total. The summed E-state index contributed by atoms with van der Waals surface area (Å²) in [4.78, 5) is 14.0. The van der Waals surface area contributed by atoms with Crippen molar-refractivity contribution in [3.8, 4) is 0 Å². The molecule has 2 aliphatic rings. The lowest BCUT2D eigenvalue weighted by Gasteiger charge is -2.16. The minimum atomic E-state index is -0.954. The summed E-state index contributed by atoms with van der Waals surface area (Å²) in [6.07, 6.45) is 0. The van der Waals surface area contributed by atoms with Gasteiger partial charge in [-0.25, -0.2) is 8.78 Å². The molecule has 20 heavy (non-hydrogen) atoms. The SMILES string of the molecule is O=C(CN1C[C@H]2CNC[C@H]2C1)Nc1ccc(F)c(F)c1. The molecular formula is C14H17F2N3O. The zero-order valence-electron chi connectivity index (χ0n) is 11.0. The summed E-state index contributed by atoms with van der Waals surface area (Å²) in [6.45, 7) is 4.18. The normalized spacial score (nSPS) is 25.7. The number of amides is 1. The van der Waals surface area contributed by atoms with E-state index in [1.54, 1.807) is 0 Å². The molecule has 2 heterocycles. The Hall–Kier alpha value is -1.53. The van der Waals surface area contributed by atoms with E-state index in [1.165, 1.54) is 6.07 Å². The molecule has 0 spiro atoms. The van der Waals surface area contributed by atoms with E-state index >= 15 is 0 Å². The van der Waals surface area contributed by atoms with Gasteiger partial charge in [0.2, 0.25) is 5.91 Å². The second-order valence-corrected chi connectivity index (χ2v) is 5.55. The van der Waals surface area contributed by atoms with Crippen molar-refractivity contribution in [2.24, 2.45) is 11.8 Å². The van der Waals surface area contributed by atoms with E-state index in [-0.39, 0.29) is 11.6 Å². The number of halogens is 2. The van der Waals surface area contributed by atoms with Crippen LogP contribution in [0.25, 0.3) is 0 Å². The van der Waals surface area contributed by atoms with Crippen molar-refractivity contribution in [2.45, 2.75) is 0 Å². The van der Waals surface area contributed by atoms with Gasteiger partial charge in [-0.3, -0.25) is 9.69 Å². The molecule has 2 aliphatic heterocycles. The molecule has 1 aromatic rings. The van der Waals surface area contributed by atoms with E-state index in [2.05, 4.69) is 15.5 Å².